The Morgan fingerprint density at radius 3 is 2.67 bits per heavy atom. The number of fused-ring (bicyclic) bond motifs is 1. The molecule has 3 aromatic rings. The third kappa shape index (κ3) is 4.27. The molecule has 0 aliphatic heterocycles. The third-order valence-corrected chi connectivity index (χ3v) is 4.03. The quantitative estimate of drug-likeness (QED) is 0.611. The monoisotopic (exact) mass is 320 g/mol. The summed E-state index contributed by atoms with van der Waals surface area (Å²) in [5.74, 6) is 0.922. The van der Waals surface area contributed by atoms with Crippen LogP contribution in [0.3, 0.4) is 0 Å². The smallest absolute Gasteiger partial charge is 0.119 e. The lowest BCUT2D eigenvalue weighted by molar-refractivity contribution is 0.314. The number of benzene rings is 3. The average Bonchev–Trinajstić information content (AvgIpc) is 2.62. The fourth-order valence-electron chi connectivity index (χ4n) is 2.82. The minimum Gasteiger partial charge on any atom is -0.494 e. The molecule has 0 saturated heterocycles. The maximum Gasteiger partial charge on any atom is 0.119 e. The Kier molecular flexibility index (Phi) is 5.70. The largest absolute Gasteiger partial charge is 0.494 e. The first-order valence-corrected chi connectivity index (χ1v) is 8.50. The molecule has 0 atom stereocenters. The van der Waals surface area contributed by atoms with Crippen molar-refractivity contribution in [3.8, 4) is 5.75 Å². The highest BCUT2D eigenvalue weighted by molar-refractivity contribution is 5.93. The van der Waals surface area contributed by atoms with Crippen LogP contribution in [-0.4, -0.2) is 19.7 Å². The third-order valence-electron chi connectivity index (χ3n) is 4.03. The van der Waals surface area contributed by atoms with Crippen LogP contribution in [0, 0.1) is 0 Å². The van der Waals surface area contributed by atoms with Gasteiger partial charge in [0.15, 0.2) is 0 Å². The molecule has 0 aliphatic carbocycles. The average molecular weight is 320 g/mol. The summed E-state index contributed by atoms with van der Waals surface area (Å²) < 4.78 is 5.84. The van der Waals surface area contributed by atoms with Crippen molar-refractivity contribution in [3.05, 3.63) is 72.3 Å². The number of anilines is 1. The van der Waals surface area contributed by atoms with E-state index in [0.29, 0.717) is 13.2 Å². The van der Waals surface area contributed by atoms with Gasteiger partial charge >= 0.3 is 0 Å². The summed E-state index contributed by atoms with van der Waals surface area (Å²) in [5, 5.41) is 6.03. The molecule has 3 N–H and O–H groups in total. The number of nitrogens with two attached hydrogens (primary N) is 1. The molecule has 0 heterocycles. The molecular weight excluding hydrogens is 296 g/mol. The first-order chi connectivity index (χ1) is 11.9. The van der Waals surface area contributed by atoms with E-state index >= 15 is 0 Å². The van der Waals surface area contributed by atoms with Gasteiger partial charge in [0.2, 0.25) is 0 Å². The number of hydrogen-bond acceptors (Lipinski definition) is 3. The van der Waals surface area contributed by atoms with Gasteiger partial charge in [-0.2, -0.15) is 0 Å². The molecule has 0 radical (unpaired) electrons. The topological polar surface area (TPSA) is 47.3 Å². The van der Waals surface area contributed by atoms with Gasteiger partial charge in [-0.15, -0.1) is 0 Å². The van der Waals surface area contributed by atoms with Crippen LogP contribution in [0.2, 0.25) is 0 Å². The first-order valence-electron chi connectivity index (χ1n) is 8.50. The zero-order valence-corrected chi connectivity index (χ0v) is 13.9. The van der Waals surface area contributed by atoms with Crippen LogP contribution in [0.25, 0.3) is 10.8 Å². The predicted octanol–water partition coefficient (Wildman–Crippen LogP) is 4.22. The van der Waals surface area contributed by atoms with Crippen molar-refractivity contribution in [2.75, 3.05) is 25.0 Å². The molecule has 0 aromatic heterocycles. The Morgan fingerprint density at radius 1 is 0.917 bits per heavy atom. The molecule has 3 aromatic carbocycles. The molecule has 0 fully saturated rings. The Labute approximate surface area is 143 Å². The summed E-state index contributed by atoms with van der Waals surface area (Å²) in [6.45, 7) is 2.25. The van der Waals surface area contributed by atoms with Crippen molar-refractivity contribution in [2.45, 2.75) is 12.8 Å². The Balaban J connectivity index is 1.48. The summed E-state index contributed by atoms with van der Waals surface area (Å²) >= 11 is 0. The van der Waals surface area contributed by atoms with E-state index in [2.05, 4.69) is 59.9 Å². The van der Waals surface area contributed by atoms with Crippen molar-refractivity contribution in [1.29, 1.82) is 0 Å². The van der Waals surface area contributed by atoms with E-state index in [9.17, 15) is 0 Å². The fraction of sp³-hybridized carbons (Fsp3) is 0.238. The van der Waals surface area contributed by atoms with Gasteiger partial charge in [0, 0.05) is 17.6 Å². The summed E-state index contributed by atoms with van der Waals surface area (Å²) in [6.07, 6.45) is 1.84. The predicted molar refractivity (Wildman–Crippen MR) is 102 cm³/mol. The van der Waals surface area contributed by atoms with E-state index in [4.69, 9.17) is 10.5 Å². The maximum atomic E-state index is 5.84. The van der Waals surface area contributed by atoms with E-state index in [1.54, 1.807) is 0 Å². The Hall–Kier alpha value is -2.52. The molecule has 0 aliphatic rings. The second-order valence-corrected chi connectivity index (χ2v) is 5.84. The lowest BCUT2D eigenvalue weighted by Crippen LogP contribution is -2.08. The van der Waals surface area contributed by atoms with Crippen molar-refractivity contribution in [1.82, 2.24) is 0 Å². The summed E-state index contributed by atoms with van der Waals surface area (Å²) in [6, 6.07) is 23.0. The number of rotatable bonds is 8. The van der Waals surface area contributed by atoms with E-state index in [1.807, 2.05) is 12.1 Å². The van der Waals surface area contributed by atoms with Gasteiger partial charge < -0.3 is 15.8 Å². The molecule has 0 spiro atoms. The first kappa shape index (κ1) is 16.3. The van der Waals surface area contributed by atoms with E-state index in [-0.39, 0.29) is 0 Å². The van der Waals surface area contributed by atoms with E-state index in [1.165, 1.54) is 22.0 Å². The minimum atomic E-state index is 0.665. The van der Waals surface area contributed by atoms with Crippen LogP contribution < -0.4 is 15.8 Å². The highest BCUT2D eigenvalue weighted by atomic mass is 16.5. The lowest BCUT2D eigenvalue weighted by Gasteiger charge is -2.11. The standard InChI is InChI=1S/C21H24N2O/c22-13-12-17-6-3-9-19(16-17)24-15-5-14-23-21-11-4-8-18-7-1-2-10-20(18)21/h1-4,6-11,16,23H,5,12-15,22H2. The molecule has 0 unspecified atom stereocenters. The van der Waals surface area contributed by atoms with Gasteiger partial charge in [-0.25, -0.2) is 0 Å². The van der Waals surface area contributed by atoms with Gasteiger partial charge in [-0.05, 0) is 48.5 Å². The van der Waals surface area contributed by atoms with Crippen molar-refractivity contribution in [2.24, 2.45) is 5.73 Å². The van der Waals surface area contributed by atoms with Crippen LogP contribution in [0.5, 0.6) is 5.75 Å². The number of hydrogen-bond donors (Lipinski definition) is 2. The van der Waals surface area contributed by atoms with Gasteiger partial charge in [0.1, 0.15) is 5.75 Å². The molecule has 3 nitrogen and oxygen atoms in total. The molecule has 124 valence electrons. The second kappa shape index (κ2) is 8.37. The summed E-state index contributed by atoms with van der Waals surface area (Å²) in [4.78, 5) is 0. The summed E-state index contributed by atoms with van der Waals surface area (Å²) in [7, 11) is 0. The maximum absolute atomic E-state index is 5.84. The lowest BCUT2D eigenvalue weighted by atomic mass is 10.1. The zero-order valence-electron chi connectivity index (χ0n) is 13.9. The number of ether oxygens (including phenoxy) is 1. The molecule has 0 bridgehead atoms. The molecule has 3 rings (SSSR count). The van der Waals surface area contributed by atoms with Crippen LogP contribution in [-0.2, 0) is 6.42 Å². The Bertz CT molecular complexity index is 780. The molecule has 24 heavy (non-hydrogen) atoms. The SMILES string of the molecule is NCCc1cccc(OCCCNc2cccc3ccccc23)c1. The van der Waals surface area contributed by atoms with Crippen LogP contribution in [0.15, 0.2) is 66.7 Å². The zero-order chi connectivity index (χ0) is 16.6. The second-order valence-electron chi connectivity index (χ2n) is 5.84. The highest BCUT2D eigenvalue weighted by Crippen LogP contribution is 2.22. The molecule has 0 amide bonds. The van der Waals surface area contributed by atoms with Gasteiger partial charge in [-0.3, -0.25) is 0 Å². The van der Waals surface area contributed by atoms with Gasteiger partial charge in [-0.1, -0.05) is 48.5 Å². The van der Waals surface area contributed by atoms with Crippen LogP contribution >= 0.6 is 0 Å². The Morgan fingerprint density at radius 2 is 1.75 bits per heavy atom. The minimum absolute atomic E-state index is 0.665. The molecule has 3 heteroatoms. The highest BCUT2D eigenvalue weighted by Gasteiger charge is 2.00. The summed E-state index contributed by atoms with van der Waals surface area (Å²) in [5.41, 5.74) is 8.00. The normalized spacial score (nSPS) is 10.7. The van der Waals surface area contributed by atoms with Crippen LogP contribution in [0.1, 0.15) is 12.0 Å². The van der Waals surface area contributed by atoms with Crippen LogP contribution in [0.4, 0.5) is 5.69 Å². The van der Waals surface area contributed by atoms with Crippen molar-refractivity contribution in [3.63, 3.8) is 0 Å². The van der Waals surface area contributed by atoms with Gasteiger partial charge in [0.25, 0.3) is 0 Å². The number of nitrogens with one attached hydrogen (secondary N) is 1. The van der Waals surface area contributed by atoms with Crippen molar-refractivity contribution >= 4 is 16.5 Å². The molecule has 0 saturated carbocycles. The molecular formula is C21H24N2O. The van der Waals surface area contributed by atoms with Gasteiger partial charge in [0.05, 0.1) is 6.61 Å². The van der Waals surface area contributed by atoms with E-state index in [0.717, 1.165) is 25.1 Å². The fourth-order valence-corrected chi connectivity index (χ4v) is 2.82. The van der Waals surface area contributed by atoms with E-state index < -0.39 is 0 Å². The van der Waals surface area contributed by atoms with Crippen molar-refractivity contribution < 1.29 is 4.74 Å².